The van der Waals surface area contributed by atoms with E-state index in [-0.39, 0.29) is 28.6 Å². The molecule has 1 N–H and O–H groups in total. The number of ether oxygens (including phenoxy) is 1. The third kappa shape index (κ3) is 5.48. The first kappa shape index (κ1) is 27.4. The maximum absolute atomic E-state index is 13.1. The number of rotatable bonds is 7. The SMILES string of the molecule is CCOC(=O)[C@H](Cc1ccc(-n2c(=O)c3cc(Cl)ccc3n(C)c2=O)cc1)NC(=O)c1c(Cl)cccc1Cl. The minimum atomic E-state index is -1.04. The van der Waals surface area contributed by atoms with Gasteiger partial charge in [-0.3, -0.25) is 14.2 Å². The second-order valence-electron chi connectivity index (χ2n) is 8.39. The van der Waals surface area contributed by atoms with Crippen LogP contribution in [-0.4, -0.2) is 33.7 Å². The van der Waals surface area contributed by atoms with E-state index in [0.717, 1.165) is 4.57 Å². The Morgan fingerprint density at radius 2 is 1.63 bits per heavy atom. The smallest absolute Gasteiger partial charge is 0.335 e. The van der Waals surface area contributed by atoms with Crippen LogP contribution in [0.5, 0.6) is 0 Å². The van der Waals surface area contributed by atoms with Gasteiger partial charge in [0.2, 0.25) is 0 Å². The lowest BCUT2D eigenvalue weighted by Crippen LogP contribution is -2.43. The molecule has 0 fully saturated rings. The summed E-state index contributed by atoms with van der Waals surface area (Å²) in [7, 11) is 1.57. The minimum absolute atomic E-state index is 0.0482. The number of hydrogen-bond acceptors (Lipinski definition) is 5. The molecular weight excluding hydrogens is 553 g/mol. The van der Waals surface area contributed by atoms with Gasteiger partial charge in [-0.25, -0.2) is 14.2 Å². The van der Waals surface area contributed by atoms with Crippen LogP contribution in [0.25, 0.3) is 16.6 Å². The normalized spacial score (nSPS) is 11.8. The first-order valence-corrected chi connectivity index (χ1v) is 12.7. The Balaban J connectivity index is 1.65. The van der Waals surface area contributed by atoms with E-state index in [9.17, 15) is 19.2 Å². The Morgan fingerprint density at radius 3 is 2.26 bits per heavy atom. The van der Waals surface area contributed by atoms with Gasteiger partial charge in [-0.15, -0.1) is 0 Å². The van der Waals surface area contributed by atoms with Crippen LogP contribution in [-0.2, 0) is 23.0 Å². The highest BCUT2D eigenvalue weighted by molar-refractivity contribution is 6.39. The summed E-state index contributed by atoms with van der Waals surface area (Å²) in [6.45, 7) is 1.78. The molecular formula is C27H22Cl3N3O5. The van der Waals surface area contributed by atoms with Crippen LogP contribution in [0.4, 0.5) is 0 Å². The molecule has 0 saturated heterocycles. The van der Waals surface area contributed by atoms with E-state index in [1.165, 1.54) is 22.8 Å². The Labute approximate surface area is 232 Å². The number of hydrogen-bond donors (Lipinski definition) is 1. The number of nitrogens with zero attached hydrogens (tertiary/aromatic N) is 2. The quantitative estimate of drug-likeness (QED) is 0.327. The maximum Gasteiger partial charge on any atom is 0.335 e. The highest BCUT2D eigenvalue weighted by Gasteiger charge is 2.25. The number of amides is 1. The van der Waals surface area contributed by atoms with Gasteiger partial charge < -0.3 is 10.1 Å². The zero-order chi connectivity index (χ0) is 27.6. The molecule has 0 spiro atoms. The number of fused-ring (bicyclic) bond motifs is 1. The molecule has 196 valence electrons. The summed E-state index contributed by atoms with van der Waals surface area (Å²) in [6.07, 6.45) is 0.0765. The number of aromatic nitrogens is 2. The Hall–Kier alpha value is -3.59. The molecule has 1 atom stereocenters. The Morgan fingerprint density at radius 1 is 0.974 bits per heavy atom. The van der Waals surface area contributed by atoms with E-state index < -0.39 is 29.2 Å². The molecule has 0 unspecified atom stereocenters. The van der Waals surface area contributed by atoms with Gasteiger partial charge in [0.05, 0.1) is 38.8 Å². The van der Waals surface area contributed by atoms with E-state index in [2.05, 4.69) is 5.32 Å². The fourth-order valence-corrected chi connectivity index (χ4v) is 4.80. The molecule has 1 amide bonds. The van der Waals surface area contributed by atoms with Gasteiger partial charge in [0, 0.05) is 18.5 Å². The molecule has 11 heteroatoms. The first-order chi connectivity index (χ1) is 18.1. The van der Waals surface area contributed by atoms with Crippen molar-refractivity contribution in [3.63, 3.8) is 0 Å². The van der Waals surface area contributed by atoms with Crippen LogP contribution in [0, 0.1) is 0 Å². The van der Waals surface area contributed by atoms with Gasteiger partial charge in [-0.2, -0.15) is 0 Å². The molecule has 0 aliphatic rings. The van der Waals surface area contributed by atoms with E-state index in [4.69, 9.17) is 39.5 Å². The number of nitrogens with one attached hydrogen (secondary N) is 1. The van der Waals surface area contributed by atoms with E-state index in [0.29, 0.717) is 27.2 Å². The predicted octanol–water partition coefficient (Wildman–Crippen LogP) is 4.55. The van der Waals surface area contributed by atoms with Crippen molar-refractivity contribution in [3.8, 4) is 5.69 Å². The zero-order valence-electron chi connectivity index (χ0n) is 20.3. The fraction of sp³-hybridized carbons (Fsp3) is 0.185. The molecule has 0 aliphatic carbocycles. The number of carbonyl (C=O) groups excluding carboxylic acids is 2. The van der Waals surface area contributed by atoms with E-state index in [1.54, 1.807) is 56.4 Å². The summed E-state index contributed by atoms with van der Waals surface area (Å²) in [5.74, 6) is -1.26. The number of esters is 1. The molecule has 38 heavy (non-hydrogen) atoms. The van der Waals surface area contributed by atoms with Gasteiger partial charge in [-0.1, -0.05) is 53.0 Å². The molecule has 1 aromatic heterocycles. The first-order valence-electron chi connectivity index (χ1n) is 11.5. The molecule has 3 aromatic carbocycles. The lowest BCUT2D eigenvalue weighted by molar-refractivity contribution is -0.145. The molecule has 8 nitrogen and oxygen atoms in total. The van der Waals surface area contributed by atoms with E-state index >= 15 is 0 Å². The van der Waals surface area contributed by atoms with Crippen LogP contribution in [0.2, 0.25) is 15.1 Å². The molecule has 4 rings (SSSR count). The van der Waals surface area contributed by atoms with Crippen molar-refractivity contribution in [2.75, 3.05) is 6.61 Å². The molecule has 0 aliphatic heterocycles. The van der Waals surface area contributed by atoms with Crippen LogP contribution in [0.3, 0.4) is 0 Å². The standard InChI is InChI=1S/C27H22Cl3N3O5/c1-3-38-26(36)21(31-24(34)23-19(29)5-4-6-20(23)30)13-15-7-10-17(11-8-15)33-25(35)18-14-16(28)9-12-22(18)32(2)27(33)37/h4-12,14,21H,3,13H2,1-2H3,(H,31,34)/t21-/m0/s1. The zero-order valence-corrected chi connectivity index (χ0v) is 22.6. The van der Waals surface area contributed by atoms with Crippen LogP contribution >= 0.6 is 34.8 Å². The molecule has 0 radical (unpaired) electrons. The van der Waals surface area contributed by atoms with Crippen molar-refractivity contribution in [1.82, 2.24) is 14.5 Å². The second-order valence-corrected chi connectivity index (χ2v) is 9.64. The maximum atomic E-state index is 13.1. The topological polar surface area (TPSA) is 99.4 Å². The van der Waals surface area contributed by atoms with Crippen molar-refractivity contribution in [2.45, 2.75) is 19.4 Å². The number of carbonyl (C=O) groups is 2. The Kier molecular flexibility index (Phi) is 8.26. The summed E-state index contributed by atoms with van der Waals surface area (Å²) >= 11 is 18.4. The van der Waals surface area contributed by atoms with Crippen molar-refractivity contribution in [3.05, 3.63) is 108 Å². The molecule has 4 aromatic rings. The number of benzene rings is 3. The van der Waals surface area contributed by atoms with Gasteiger partial charge >= 0.3 is 11.7 Å². The van der Waals surface area contributed by atoms with Crippen LogP contribution in [0.1, 0.15) is 22.8 Å². The monoisotopic (exact) mass is 573 g/mol. The van der Waals surface area contributed by atoms with Crippen molar-refractivity contribution >= 4 is 57.6 Å². The third-order valence-electron chi connectivity index (χ3n) is 5.93. The molecule has 1 heterocycles. The summed E-state index contributed by atoms with van der Waals surface area (Å²) in [5.41, 5.74) is 0.459. The van der Waals surface area contributed by atoms with Crippen molar-refractivity contribution in [2.24, 2.45) is 7.05 Å². The minimum Gasteiger partial charge on any atom is -0.464 e. The average molecular weight is 575 g/mol. The third-order valence-corrected chi connectivity index (χ3v) is 6.80. The van der Waals surface area contributed by atoms with Gasteiger partial charge in [0.1, 0.15) is 6.04 Å². The van der Waals surface area contributed by atoms with Gasteiger partial charge in [0.15, 0.2) is 0 Å². The van der Waals surface area contributed by atoms with Crippen LogP contribution in [0.15, 0.2) is 70.3 Å². The van der Waals surface area contributed by atoms with Gasteiger partial charge in [0.25, 0.3) is 11.5 Å². The second kappa shape index (κ2) is 11.4. The lowest BCUT2D eigenvalue weighted by atomic mass is 10.0. The average Bonchev–Trinajstić information content (AvgIpc) is 2.88. The molecule has 0 bridgehead atoms. The summed E-state index contributed by atoms with van der Waals surface area (Å²) in [5, 5.41) is 3.60. The van der Waals surface area contributed by atoms with Crippen molar-refractivity contribution in [1.29, 1.82) is 0 Å². The fourth-order valence-electron chi connectivity index (χ4n) is 4.06. The predicted molar refractivity (Wildman–Crippen MR) is 148 cm³/mol. The molecule has 0 saturated carbocycles. The highest BCUT2D eigenvalue weighted by Crippen LogP contribution is 2.24. The summed E-state index contributed by atoms with van der Waals surface area (Å²) in [4.78, 5) is 51.7. The van der Waals surface area contributed by atoms with E-state index in [1.807, 2.05) is 0 Å². The number of halogens is 3. The summed E-state index contributed by atoms with van der Waals surface area (Å²) in [6, 6.07) is 14.8. The van der Waals surface area contributed by atoms with Gasteiger partial charge in [-0.05, 0) is 55.0 Å². The lowest BCUT2D eigenvalue weighted by Gasteiger charge is -2.18. The van der Waals surface area contributed by atoms with Crippen molar-refractivity contribution < 1.29 is 14.3 Å². The summed E-state index contributed by atoms with van der Waals surface area (Å²) < 4.78 is 7.56. The Bertz CT molecular complexity index is 1640. The largest absolute Gasteiger partial charge is 0.464 e. The number of aryl methyl sites for hydroxylation is 1. The van der Waals surface area contributed by atoms with Crippen LogP contribution < -0.4 is 16.6 Å². The highest BCUT2D eigenvalue weighted by atomic mass is 35.5.